The summed E-state index contributed by atoms with van der Waals surface area (Å²) in [5.74, 6) is 0. The van der Waals surface area contributed by atoms with Crippen molar-refractivity contribution < 1.29 is 9.66 Å². The number of methoxy groups -OCH3 is 1. The van der Waals surface area contributed by atoms with Gasteiger partial charge in [0.2, 0.25) is 0 Å². The van der Waals surface area contributed by atoms with Crippen molar-refractivity contribution >= 4 is 5.69 Å². The van der Waals surface area contributed by atoms with Gasteiger partial charge in [-0.05, 0) is 13.3 Å². The van der Waals surface area contributed by atoms with E-state index in [9.17, 15) is 19.7 Å². The van der Waals surface area contributed by atoms with E-state index in [1.54, 1.807) is 14.0 Å². The monoisotopic (exact) mass is 337 g/mol. The number of ether oxygens (including phenoxy) is 1. The smallest absolute Gasteiger partial charge is 0.358 e. The van der Waals surface area contributed by atoms with Crippen molar-refractivity contribution in [3.05, 3.63) is 43.3 Å². The van der Waals surface area contributed by atoms with Crippen molar-refractivity contribution in [1.82, 2.24) is 18.9 Å². The molecule has 0 saturated carbocycles. The summed E-state index contributed by atoms with van der Waals surface area (Å²) in [6.45, 7) is 2.22. The van der Waals surface area contributed by atoms with E-state index in [1.807, 2.05) is 0 Å². The zero-order valence-electron chi connectivity index (χ0n) is 13.8. The molecule has 24 heavy (non-hydrogen) atoms. The van der Waals surface area contributed by atoms with E-state index in [4.69, 9.17) is 4.74 Å². The largest absolute Gasteiger partial charge is 0.385 e. The van der Waals surface area contributed by atoms with E-state index >= 15 is 0 Å². The normalized spacial score (nSPS) is 11.0. The lowest BCUT2D eigenvalue weighted by Gasteiger charge is -2.14. The first-order valence-corrected chi connectivity index (χ1v) is 7.42. The maximum absolute atomic E-state index is 12.6. The summed E-state index contributed by atoms with van der Waals surface area (Å²) in [7, 11) is 3.18. The lowest BCUT2D eigenvalue weighted by molar-refractivity contribution is -0.386. The molecule has 0 atom stereocenters. The highest BCUT2D eigenvalue weighted by molar-refractivity contribution is 5.68. The molecule has 2 aromatic rings. The minimum atomic E-state index is -0.908. The van der Waals surface area contributed by atoms with Crippen LogP contribution in [0.25, 0.3) is 11.3 Å². The summed E-state index contributed by atoms with van der Waals surface area (Å²) >= 11 is 0. The van der Waals surface area contributed by atoms with E-state index in [-0.39, 0.29) is 18.8 Å². The molecule has 0 amide bonds. The molecule has 0 saturated heterocycles. The molecule has 10 nitrogen and oxygen atoms in total. The summed E-state index contributed by atoms with van der Waals surface area (Å²) in [4.78, 5) is 35.8. The Bertz CT molecular complexity index is 863. The van der Waals surface area contributed by atoms with Gasteiger partial charge in [-0.25, -0.2) is 4.79 Å². The fraction of sp³-hybridized carbons (Fsp3) is 0.500. The van der Waals surface area contributed by atoms with Crippen LogP contribution in [0.5, 0.6) is 0 Å². The number of nitro groups is 1. The molecule has 0 aliphatic heterocycles. The molecular formula is C14H19N5O5. The highest BCUT2D eigenvalue weighted by Gasteiger charge is 2.29. The van der Waals surface area contributed by atoms with Crippen molar-refractivity contribution in [3.8, 4) is 11.3 Å². The van der Waals surface area contributed by atoms with E-state index in [0.717, 1.165) is 4.57 Å². The van der Waals surface area contributed by atoms with Gasteiger partial charge in [-0.1, -0.05) is 0 Å². The number of hydrogen-bond acceptors (Lipinski definition) is 6. The third-order valence-corrected chi connectivity index (χ3v) is 3.61. The van der Waals surface area contributed by atoms with Crippen LogP contribution in [0.2, 0.25) is 0 Å². The molecule has 0 unspecified atom stereocenters. The summed E-state index contributed by atoms with van der Waals surface area (Å²) in [6.07, 6.45) is 3.40. The second-order valence-corrected chi connectivity index (χ2v) is 5.19. The number of nitrogens with zero attached hydrogens (tertiary/aromatic N) is 5. The summed E-state index contributed by atoms with van der Waals surface area (Å²) < 4.78 is 8.54. The first-order chi connectivity index (χ1) is 11.4. The second kappa shape index (κ2) is 7.21. The average molecular weight is 337 g/mol. The summed E-state index contributed by atoms with van der Waals surface area (Å²) in [6, 6.07) is 0. The van der Waals surface area contributed by atoms with Gasteiger partial charge in [-0.3, -0.25) is 28.7 Å². The quantitative estimate of drug-likeness (QED) is 0.410. The van der Waals surface area contributed by atoms with Crippen molar-refractivity contribution in [1.29, 1.82) is 0 Å². The topological polar surface area (TPSA) is 114 Å². The Morgan fingerprint density at radius 2 is 2.04 bits per heavy atom. The van der Waals surface area contributed by atoms with E-state index in [1.165, 1.54) is 28.8 Å². The van der Waals surface area contributed by atoms with Gasteiger partial charge in [0.15, 0.2) is 0 Å². The molecule has 0 fully saturated rings. The molecule has 2 rings (SSSR count). The zero-order chi connectivity index (χ0) is 17.9. The Morgan fingerprint density at radius 3 is 2.54 bits per heavy atom. The van der Waals surface area contributed by atoms with Gasteiger partial charge in [0.1, 0.15) is 5.69 Å². The molecule has 130 valence electrons. The molecular weight excluding hydrogens is 318 g/mol. The molecule has 2 heterocycles. The van der Waals surface area contributed by atoms with Crippen molar-refractivity contribution in [3.63, 3.8) is 0 Å². The van der Waals surface area contributed by atoms with Crippen LogP contribution in [0, 0.1) is 10.1 Å². The Hall–Kier alpha value is -2.75. The predicted octanol–water partition coefficient (Wildman–Crippen LogP) is 0.375. The molecule has 0 radical (unpaired) electrons. The fourth-order valence-electron chi connectivity index (χ4n) is 2.54. The highest BCUT2D eigenvalue weighted by Crippen LogP contribution is 2.25. The zero-order valence-corrected chi connectivity index (χ0v) is 13.8. The Morgan fingerprint density at radius 1 is 1.33 bits per heavy atom. The van der Waals surface area contributed by atoms with Crippen LogP contribution in [-0.4, -0.2) is 37.6 Å². The predicted molar refractivity (Wildman–Crippen MR) is 86.0 cm³/mol. The third kappa shape index (κ3) is 3.13. The minimum absolute atomic E-state index is 0.0242. The van der Waals surface area contributed by atoms with Crippen molar-refractivity contribution in [2.24, 2.45) is 7.05 Å². The van der Waals surface area contributed by atoms with Crippen LogP contribution < -0.4 is 11.2 Å². The molecule has 2 aromatic heterocycles. The van der Waals surface area contributed by atoms with E-state index in [2.05, 4.69) is 5.10 Å². The Kier molecular flexibility index (Phi) is 5.29. The standard InChI is InChI=1S/C14H19N5O5/c1-4-17-13(20)12(19(22)23)11(10-8-15-16(2)9-10)18(14(17)21)6-5-7-24-3/h8-9H,4-7H2,1-3H3. The summed E-state index contributed by atoms with van der Waals surface area (Å²) in [5, 5.41) is 15.5. The Labute approximate surface area is 137 Å². The average Bonchev–Trinajstić information content (AvgIpc) is 2.95. The van der Waals surface area contributed by atoms with Crippen LogP contribution in [-0.2, 0) is 24.9 Å². The number of hydrogen-bond donors (Lipinski definition) is 0. The van der Waals surface area contributed by atoms with Gasteiger partial charge >= 0.3 is 16.9 Å². The molecule has 0 bridgehead atoms. The molecule has 0 aromatic carbocycles. The van der Waals surface area contributed by atoms with Crippen LogP contribution in [0.4, 0.5) is 5.69 Å². The first kappa shape index (κ1) is 17.6. The first-order valence-electron chi connectivity index (χ1n) is 7.42. The van der Waals surface area contributed by atoms with Crippen molar-refractivity contribution in [2.45, 2.75) is 26.4 Å². The third-order valence-electron chi connectivity index (χ3n) is 3.61. The molecule has 10 heteroatoms. The lowest BCUT2D eigenvalue weighted by atomic mass is 10.2. The molecule has 0 spiro atoms. The fourth-order valence-corrected chi connectivity index (χ4v) is 2.54. The van der Waals surface area contributed by atoms with Gasteiger partial charge < -0.3 is 4.74 Å². The maximum atomic E-state index is 12.6. The van der Waals surface area contributed by atoms with Crippen LogP contribution in [0.3, 0.4) is 0 Å². The number of aromatic nitrogens is 4. The van der Waals surface area contributed by atoms with Gasteiger partial charge in [0.25, 0.3) is 0 Å². The maximum Gasteiger partial charge on any atom is 0.358 e. The van der Waals surface area contributed by atoms with Crippen molar-refractivity contribution in [2.75, 3.05) is 13.7 Å². The van der Waals surface area contributed by atoms with Crippen LogP contribution in [0.1, 0.15) is 13.3 Å². The molecule has 0 N–H and O–H groups in total. The summed E-state index contributed by atoms with van der Waals surface area (Å²) in [5.41, 5.74) is -1.79. The number of rotatable bonds is 7. The number of aryl methyl sites for hydroxylation is 1. The van der Waals surface area contributed by atoms with Gasteiger partial charge in [0, 0.05) is 45.6 Å². The van der Waals surface area contributed by atoms with E-state index < -0.39 is 21.9 Å². The molecule has 0 aliphatic carbocycles. The van der Waals surface area contributed by atoms with E-state index in [0.29, 0.717) is 18.6 Å². The highest BCUT2D eigenvalue weighted by atomic mass is 16.6. The molecule has 0 aliphatic rings. The SMILES string of the molecule is CCn1c(=O)c([N+](=O)[O-])c(-c2cnn(C)c2)n(CCCOC)c1=O. The van der Waals surface area contributed by atoms with Gasteiger partial charge in [-0.15, -0.1) is 0 Å². The van der Waals surface area contributed by atoms with Gasteiger partial charge in [0.05, 0.1) is 11.1 Å². The Balaban J connectivity index is 2.83. The lowest BCUT2D eigenvalue weighted by Crippen LogP contribution is -2.41. The van der Waals surface area contributed by atoms with Crippen LogP contribution >= 0.6 is 0 Å². The van der Waals surface area contributed by atoms with Crippen LogP contribution in [0.15, 0.2) is 22.0 Å². The minimum Gasteiger partial charge on any atom is -0.385 e. The van der Waals surface area contributed by atoms with Gasteiger partial charge in [-0.2, -0.15) is 5.10 Å². The second-order valence-electron chi connectivity index (χ2n) is 5.19.